The van der Waals surface area contributed by atoms with E-state index in [2.05, 4.69) is 55.9 Å². The van der Waals surface area contributed by atoms with E-state index in [4.69, 9.17) is 9.73 Å². The second kappa shape index (κ2) is 11.8. The molecule has 0 aliphatic carbocycles. The van der Waals surface area contributed by atoms with Crippen molar-refractivity contribution in [3.63, 3.8) is 0 Å². The van der Waals surface area contributed by atoms with Crippen molar-refractivity contribution in [1.82, 2.24) is 25.0 Å². The van der Waals surface area contributed by atoms with Crippen LogP contribution in [0.15, 0.2) is 35.6 Å². The SMILES string of the molecule is CCNC(=NCCn1cnnc1CC)N1CCN(c2ccccc2OC)CC1.I. The molecule has 2 heterocycles. The maximum atomic E-state index is 5.51. The lowest BCUT2D eigenvalue weighted by Gasteiger charge is -2.38. The molecule has 1 aliphatic heterocycles. The molecule has 0 radical (unpaired) electrons. The van der Waals surface area contributed by atoms with E-state index < -0.39 is 0 Å². The number of nitrogens with zero attached hydrogens (tertiary/aromatic N) is 6. The molecule has 0 saturated carbocycles. The Morgan fingerprint density at radius 3 is 2.62 bits per heavy atom. The van der Waals surface area contributed by atoms with Crippen molar-refractivity contribution < 1.29 is 4.74 Å². The van der Waals surface area contributed by atoms with Gasteiger partial charge < -0.3 is 24.4 Å². The van der Waals surface area contributed by atoms with Crippen LogP contribution < -0.4 is 15.0 Å². The molecule has 0 atom stereocenters. The molecule has 8 nitrogen and oxygen atoms in total. The molecule has 9 heteroatoms. The predicted octanol–water partition coefficient (Wildman–Crippen LogP) is 2.25. The van der Waals surface area contributed by atoms with Gasteiger partial charge in [0.1, 0.15) is 17.9 Å². The maximum absolute atomic E-state index is 5.51. The number of benzene rings is 1. The van der Waals surface area contributed by atoms with Gasteiger partial charge in [-0.15, -0.1) is 34.2 Å². The number of rotatable bonds is 7. The van der Waals surface area contributed by atoms with Gasteiger partial charge in [-0.3, -0.25) is 4.99 Å². The number of methoxy groups -OCH3 is 1. The summed E-state index contributed by atoms with van der Waals surface area (Å²) in [4.78, 5) is 9.54. The molecule has 1 aromatic carbocycles. The average Bonchev–Trinajstić information content (AvgIpc) is 3.21. The van der Waals surface area contributed by atoms with Gasteiger partial charge in [0.05, 0.1) is 19.3 Å². The first-order valence-corrected chi connectivity index (χ1v) is 10.0. The smallest absolute Gasteiger partial charge is 0.194 e. The normalized spacial score (nSPS) is 14.5. The van der Waals surface area contributed by atoms with Gasteiger partial charge in [-0.05, 0) is 19.1 Å². The van der Waals surface area contributed by atoms with Gasteiger partial charge in [-0.2, -0.15) is 0 Å². The molecule has 1 saturated heterocycles. The summed E-state index contributed by atoms with van der Waals surface area (Å²) < 4.78 is 7.59. The monoisotopic (exact) mass is 513 g/mol. The fourth-order valence-electron chi connectivity index (χ4n) is 3.48. The topological polar surface area (TPSA) is 70.8 Å². The Labute approximate surface area is 190 Å². The third-order valence-corrected chi connectivity index (χ3v) is 4.95. The van der Waals surface area contributed by atoms with Gasteiger partial charge in [0.25, 0.3) is 0 Å². The summed E-state index contributed by atoms with van der Waals surface area (Å²) >= 11 is 0. The third kappa shape index (κ3) is 5.97. The lowest BCUT2D eigenvalue weighted by Crippen LogP contribution is -2.52. The standard InChI is InChI=1S/C20H31N7O.HI/c1-4-19-24-23-16-27(19)11-10-22-20(21-5-2)26-14-12-25(13-15-26)17-8-6-7-9-18(17)28-3;/h6-9,16H,4-5,10-15H2,1-3H3,(H,21,22);1H. The van der Waals surface area contributed by atoms with Gasteiger partial charge in [-0.1, -0.05) is 19.1 Å². The molecular formula is C20H32IN7O. The molecular weight excluding hydrogens is 481 g/mol. The minimum Gasteiger partial charge on any atom is -0.495 e. The van der Waals surface area contributed by atoms with Crippen molar-refractivity contribution in [1.29, 1.82) is 0 Å². The van der Waals surface area contributed by atoms with Gasteiger partial charge in [0.15, 0.2) is 5.96 Å². The number of hydrogen-bond acceptors (Lipinski definition) is 5. The fourth-order valence-corrected chi connectivity index (χ4v) is 3.48. The fraction of sp³-hybridized carbons (Fsp3) is 0.550. The van der Waals surface area contributed by atoms with E-state index in [-0.39, 0.29) is 24.0 Å². The van der Waals surface area contributed by atoms with Crippen LogP contribution >= 0.6 is 24.0 Å². The van der Waals surface area contributed by atoms with Gasteiger partial charge in [0, 0.05) is 45.7 Å². The van der Waals surface area contributed by atoms with Gasteiger partial charge in [-0.25, -0.2) is 0 Å². The summed E-state index contributed by atoms with van der Waals surface area (Å²) in [6, 6.07) is 8.21. The Bertz CT molecular complexity index is 772. The van der Waals surface area contributed by atoms with Gasteiger partial charge in [0.2, 0.25) is 0 Å². The van der Waals surface area contributed by atoms with E-state index in [9.17, 15) is 0 Å². The van der Waals surface area contributed by atoms with Crippen LogP contribution in [0.2, 0.25) is 0 Å². The van der Waals surface area contributed by atoms with E-state index in [0.717, 1.165) is 68.9 Å². The second-order valence-electron chi connectivity index (χ2n) is 6.68. The number of piperazine rings is 1. The van der Waals surface area contributed by atoms with Crippen molar-refractivity contribution in [2.75, 3.05) is 51.3 Å². The Hall–Kier alpha value is -2.04. The highest BCUT2D eigenvalue weighted by Crippen LogP contribution is 2.28. The van der Waals surface area contributed by atoms with Crippen LogP contribution in [0.1, 0.15) is 19.7 Å². The molecule has 1 N–H and O–H groups in total. The number of anilines is 1. The molecule has 0 bridgehead atoms. The van der Waals surface area contributed by atoms with Crippen LogP contribution in [-0.2, 0) is 13.0 Å². The van der Waals surface area contributed by atoms with E-state index in [1.54, 1.807) is 13.4 Å². The Morgan fingerprint density at radius 1 is 1.17 bits per heavy atom. The van der Waals surface area contributed by atoms with Crippen LogP contribution in [0.5, 0.6) is 5.75 Å². The number of aryl methyl sites for hydroxylation is 1. The zero-order chi connectivity index (χ0) is 19.8. The number of aromatic nitrogens is 3. The number of para-hydroxylation sites is 2. The molecule has 160 valence electrons. The van der Waals surface area contributed by atoms with Crippen LogP contribution in [-0.4, -0.2) is 72.0 Å². The van der Waals surface area contributed by atoms with E-state index in [1.165, 1.54) is 0 Å². The van der Waals surface area contributed by atoms with Gasteiger partial charge >= 0.3 is 0 Å². The first-order chi connectivity index (χ1) is 13.8. The highest BCUT2D eigenvalue weighted by Gasteiger charge is 2.21. The highest BCUT2D eigenvalue weighted by molar-refractivity contribution is 14.0. The maximum Gasteiger partial charge on any atom is 0.194 e. The van der Waals surface area contributed by atoms with Crippen LogP contribution in [0.25, 0.3) is 0 Å². The largest absolute Gasteiger partial charge is 0.495 e. The summed E-state index contributed by atoms with van der Waals surface area (Å²) in [6.07, 6.45) is 2.67. The summed E-state index contributed by atoms with van der Waals surface area (Å²) in [5.74, 6) is 2.91. The zero-order valence-corrected chi connectivity index (χ0v) is 19.9. The molecule has 1 fully saturated rings. The summed E-state index contributed by atoms with van der Waals surface area (Å²) in [5, 5.41) is 11.6. The number of guanidine groups is 1. The first kappa shape index (κ1) is 23.2. The Balaban J connectivity index is 0.00000300. The molecule has 1 aromatic heterocycles. The zero-order valence-electron chi connectivity index (χ0n) is 17.5. The molecule has 0 amide bonds. The van der Waals surface area contributed by atoms with Crippen LogP contribution in [0, 0.1) is 0 Å². The third-order valence-electron chi connectivity index (χ3n) is 4.95. The molecule has 29 heavy (non-hydrogen) atoms. The summed E-state index contributed by atoms with van der Waals surface area (Å²) in [6.45, 7) is 10.3. The van der Waals surface area contributed by atoms with E-state index in [1.807, 2.05) is 12.1 Å². The number of nitrogens with one attached hydrogen (secondary N) is 1. The summed E-state index contributed by atoms with van der Waals surface area (Å²) in [7, 11) is 1.73. The number of halogens is 1. The quantitative estimate of drug-likeness (QED) is 0.348. The molecule has 0 unspecified atom stereocenters. The van der Waals surface area contributed by atoms with Crippen LogP contribution in [0.3, 0.4) is 0 Å². The van der Waals surface area contributed by atoms with Crippen LogP contribution in [0.4, 0.5) is 5.69 Å². The Morgan fingerprint density at radius 2 is 1.93 bits per heavy atom. The second-order valence-corrected chi connectivity index (χ2v) is 6.68. The van der Waals surface area contributed by atoms with Crippen molar-refractivity contribution in [2.24, 2.45) is 4.99 Å². The number of ether oxygens (including phenoxy) is 1. The first-order valence-electron chi connectivity index (χ1n) is 10.0. The summed E-state index contributed by atoms with van der Waals surface area (Å²) in [5.41, 5.74) is 1.16. The van der Waals surface area contributed by atoms with E-state index >= 15 is 0 Å². The minimum absolute atomic E-state index is 0. The van der Waals surface area contributed by atoms with E-state index in [0.29, 0.717) is 6.54 Å². The number of aliphatic imine (C=N–C) groups is 1. The highest BCUT2D eigenvalue weighted by atomic mass is 127. The van der Waals surface area contributed by atoms with Crippen molar-refractivity contribution in [3.8, 4) is 5.75 Å². The van der Waals surface area contributed by atoms with Crippen molar-refractivity contribution in [2.45, 2.75) is 26.8 Å². The average molecular weight is 513 g/mol. The molecule has 0 spiro atoms. The molecule has 1 aliphatic rings. The number of hydrogen-bond donors (Lipinski definition) is 1. The Kier molecular flexibility index (Phi) is 9.49. The predicted molar refractivity (Wildman–Crippen MR) is 128 cm³/mol. The lowest BCUT2D eigenvalue weighted by molar-refractivity contribution is 0.367. The minimum atomic E-state index is 0. The molecule has 3 rings (SSSR count). The van der Waals surface area contributed by atoms with Crippen molar-refractivity contribution >= 4 is 35.6 Å². The lowest BCUT2D eigenvalue weighted by atomic mass is 10.2. The molecule has 2 aromatic rings. The van der Waals surface area contributed by atoms with Crippen molar-refractivity contribution in [3.05, 3.63) is 36.4 Å².